The highest BCUT2D eigenvalue weighted by Crippen LogP contribution is 2.42. The summed E-state index contributed by atoms with van der Waals surface area (Å²) in [6.07, 6.45) is 1.04. The van der Waals surface area contributed by atoms with Gasteiger partial charge in [0, 0.05) is 11.4 Å². The number of hydrogen-bond acceptors (Lipinski definition) is 1. The number of rotatable bonds is 2. The van der Waals surface area contributed by atoms with Crippen LogP contribution in [0.25, 0.3) is 11.1 Å². The van der Waals surface area contributed by atoms with Gasteiger partial charge in [-0.2, -0.15) is 0 Å². The minimum Gasteiger partial charge on any atom is -0.355 e. The Hall–Kier alpha value is -2.54. The van der Waals surface area contributed by atoms with Gasteiger partial charge < -0.3 is 5.32 Å². The molecule has 0 atom stereocenters. The van der Waals surface area contributed by atoms with Crippen LogP contribution >= 0.6 is 0 Å². The normalized spacial score (nSPS) is 11.9. The fourth-order valence-electron chi connectivity index (χ4n) is 3.48. The zero-order valence-corrected chi connectivity index (χ0v) is 13.0. The molecule has 0 aliphatic heterocycles. The van der Waals surface area contributed by atoms with Crippen molar-refractivity contribution in [3.63, 3.8) is 0 Å². The van der Waals surface area contributed by atoms with Gasteiger partial charge in [-0.1, -0.05) is 42.5 Å². The summed E-state index contributed by atoms with van der Waals surface area (Å²) in [4.78, 5) is 0. The molecule has 0 bridgehead atoms. The van der Waals surface area contributed by atoms with Gasteiger partial charge in [-0.3, -0.25) is 0 Å². The Morgan fingerprint density at radius 3 is 2.36 bits per heavy atom. The van der Waals surface area contributed by atoms with Gasteiger partial charge in [-0.05, 0) is 71.8 Å². The average Bonchev–Trinajstić information content (AvgIpc) is 2.91. The van der Waals surface area contributed by atoms with Crippen molar-refractivity contribution in [3.05, 3.63) is 82.9 Å². The maximum Gasteiger partial charge on any atom is 0.0446 e. The molecule has 3 aromatic carbocycles. The van der Waals surface area contributed by atoms with E-state index in [1.807, 2.05) is 6.07 Å². The van der Waals surface area contributed by atoms with Crippen LogP contribution in [0, 0.1) is 13.8 Å². The summed E-state index contributed by atoms with van der Waals surface area (Å²) in [5.41, 5.74) is 10.8. The quantitative estimate of drug-likeness (QED) is 0.504. The highest BCUT2D eigenvalue weighted by Gasteiger charge is 2.22. The van der Waals surface area contributed by atoms with Crippen molar-refractivity contribution in [3.8, 4) is 11.1 Å². The van der Waals surface area contributed by atoms with Crippen LogP contribution in [0.2, 0.25) is 0 Å². The molecule has 1 N–H and O–H groups in total. The lowest BCUT2D eigenvalue weighted by molar-refractivity contribution is 1.20. The number of fused-ring (bicyclic) bond motifs is 3. The van der Waals surface area contributed by atoms with Gasteiger partial charge in [0.2, 0.25) is 0 Å². The maximum absolute atomic E-state index is 3.60. The lowest BCUT2D eigenvalue weighted by Gasteiger charge is -2.17. The van der Waals surface area contributed by atoms with E-state index in [-0.39, 0.29) is 0 Å². The first-order chi connectivity index (χ1) is 10.7. The molecule has 0 saturated carbocycles. The summed E-state index contributed by atoms with van der Waals surface area (Å²) >= 11 is 0. The van der Waals surface area contributed by atoms with Crippen LogP contribution in [0.15, 0.2) is 60.7 Å². The maximum atomic E-state index is 3.60. The second kappa shape index (κ2) is 5.03. The van der Waals surface area contributed by atoms with E-state index in [1.165, 1.54) is 39.1 Å². The summed E-state index contributed by atoms with van der Waals surface area (Å²) in [6.45, 7) is 4.43. The second-order valence-corrected chi connectivity index (χ2v) is 6.04. The molecule has 3 aromatic rings. The second-order valence-electron chi connectivity index (χ2n) is 6.04. The molecule has 0 aromatic heterocycles. The number of hydrogen-bond donors (Lipinski definition) is 1. The highest BCUT2D eigenvalue weighted by molar-refractivity contribution is 5.83. The van der Waals surface area contributed by atoms with Crippen LogP contribution in [0.4, 0.5) is 11.4 Å². The summed E-state index contributed by atoms with van der Waals surface area (Å²) in [5, 5.41) is 3.60. The predicted octanol–water partition coefficient (Wildman–Crippen LogP) is 5.62. The van der Waals surface area contributed by atoms with Crippen molar-refractivity contribution in [2.24, 2.45) is 0 Å². The van der Waals surface area contributed by atoms with E-state index >= 15 is 0 Å². The minimum absolute atomic E-state index is 1.04. The molecule has 0 unspecified atom stereocenters. The molecular formula is C21H19N. The monoisotopic (exact) mass is 285 g/mol. The van der Waals surface area contributed by atoms with E-state index < -0.39 is 0 Å². The Balaban J connectivity index is 1.82. The summed E-state index contributed by atoms with van der Waals surface area (Å²) < 4.78 is 0. The largest absolute Gasteiger partial charge is 0.355 e. The van der Waals surface area contributed by atoms with Gasteiger partial charge in [-0.25, -0.2) is 0 Å². The molecule has 108 valence electrons. The third-order valence-corrected chi connectivity index (χ3v) is 4.63. The molecule has 22 heavy (non-hydrogen) atoms. The van der Waals surface area contributed by atoms with E-state index in [0.717, 1.165) is 12.1 Å². The smallest absolute Gasteiger partial charge is 0.0446 e. The van der Waals surface area contributed by atoms with Crippen molar-refractivity contribution in [2.45, 2.75) is 20.3 Å². The topological polar surface area (TPSA) is 12.0 Å². The summed E-state index contributed by atoms with van der Waals surface area (Å²) in [7, 11) is 0. The molecular weight excluding hydrogens is 266 g/mol. The van der Waals surface area contributed by atoms with Crippen LogP contribution in [-0.4, -0.2) is 0 Å². The van der Waals surface area contributed by atoms with Crippen molar-refractivity contribution in [2.75, 3.05) is 5.32 Å². The third kappa shape index (κ3) is 2.01. The first kappa shape index (κ1) is 13.1. The number of anilines is 2. The number of nitrogens with one attached hydrogen (secondary N) is 1. The molecule has 0 saturated heterocycles. The Kier molecular flexibility index (Phi) is 3.00. The van der Waals surface area contributed by atoms with E-state index in [2.05, 4.69) is 73.8 Å². The molecule has 1 aliphatic rings. The first-order valence-corrected chi connectivity index (χ1v) is 7.77. The van der Waals surface area contributed by atoms with Gasteiger partial charge in [0.1, 0.15) is 0 Å². The molecule has 1 nitrogen and oxygen atoms in total. The van der Waals surface area contributed by atoms with E-state index in [9.17, 15) is 0 Å². The Labute approximate surface area is 131 Å². The van der Waals surface area contributed by atoms with Crippen molar-refractivity contribution in [1.82, 2.24) is 0 Å². The Bertz CT molecular complexity index is 847. The van der Waals surface area contributed by atoms with Crippen LogP contribution < -0.4 is 5.32 Å². The molecule has 0 heterocycles. The van der Waals surface area contributed by atoms with Crippen LogP contribution in [0.1, 0.15) is 22.3 Å². The summed E-state index contributed by atoms with van der Waals surface area (Å²) in [6, 6.07) is 21.5. The van der Waals surface area contributed by atoms with Crippen molar-refractivity contribution < 1.29 is 0 Å². The van der Waals surface area contributed by atoms with Gasteiger partial charge >= 0.3 is 0 Å². The zero-order valence-electron chi connectivity index (χ0n) is 13.0. The number of aryl methyl sites for hydroxylation is 1. The van der Waals surface area contributed by atoms with E-state index in [0.29, 0.717) is 0 Å². The Morgan fingerprint density at radius 1 is 0.818 bits per heavy atom. The minimum atomic E-state index is 1.04. The van der Waals surface area contributed by atoms with Gasteiger partial charge in [-0.15, -0.1) is 0 Å². The Morgan fingerprint density at radius 2 is 1.55 bits per heavy atom. The molecule has 1 heteroatoms. The predicted molar refractivity (Wildman–Crippen MR) is 93.9 cm³/mol. The third-order valence-electron chi connectivity index (χ3n) is 4.63. The summed E-state index contributed by atoms with van der Waals surface area (Å²) in [5.74, 6) is 0. The van der Waals surface area contributed by atoms with Crippen LogP contribution in [0.3, 0.4) is 0 Å². The fourth-order valence-corrected chi connectivity index (χ4v) is 3.48. The van der Waals surface area contributed by atoms with Crippen LogP contribution in [0.5, 0.6) is 0 Å². The van der Waals surface area contributed by atoms with E-state index in [4.69, 9.17) is 0 Å². The van der Waals surface area contributed by atoms with Crippen molar-refractivity contribution in [1.29, 1.82) is 0 Å². The standard InChI is InChI=1S/C21H19N/c1-14-12-20-18-11-7-6-8-16(18)13-19(20)15(2)21(14)22-17-9-4-3-5-10-17/h3-12,22H,13H2,1-2H3. The average molecular weight is 285 g/mol. The lowest BCUT2D eigenvalue weighted by atomic mass is 9.96. The molecule has 0 spiro atoms. The van der Waals surface area contributed by atoms with Crippen molar-refractivity contribution >= 4 is 11.4 Å². The molecule has 1 aliphatic carbocycles. The van der Waals surface area contributed by atoms with Crippen LogP contribution in [-0.2, 0) is 6.42 Å². The highest BCUT2D eigenvalue weighted by atomic mass is 14.9. The van der Waals surface area contributed by atoms with E-state index in [1.54, 1.807) is 0 Å². The molecule has 4 rings (SSSR count). The molecule has 0 amide bonds. The molecule has 0 fully saturated rings. The number of benzene rings is 3. The molecule has 0 radical (unpaired) electrons. The SMILES string of the molecule is Cc1cc2c(c(C)c1Nc1ccccc1)Cc1ccccc1-2. The lowest BCUT2D eigenvalue weighted by Crippen LogP contribution is -1.99. The number of para-hydroxylation sites is 1. The van der Waals surface area contributed by atoms with Gasteiger partial charge in [0.25, 0.3) is 0 Å². The fraction of sp³-hybridized carbons (Fsp3) is 0.143. The van der Waals surface area contributed by atoms with Gasteiger partial charge in [0.05, 0.1) is 0 Å². The first-order valence-electron chi connectivity index (χ1n) is 7.77. The zero-order chi connectivity index (χ0) is 15.1. The van der Waals surface area contributed by atoms with Gasteiger partial charge in [0.15, 0.2) is 0 Å².